The van der Waals surface area contributed by atoms with Crippen LogP contribution in [0.4, 0.5) is 5.69 Å². The fourth-order valence-electron chi connectivity index (χ4n) is 2.51. The molecule has 6 nitrogen and oxygen atoms in total. The van der Waals surface area contributed by atoms with Crippen molar-refractivity contribution in [3.8, 4) is 0 Å². The SMILES string of the molecule is CN=C(NCc1cccc(NC(C)=O)c1)N(C)Cc1cccn1C.I. The van der Waals surface area contributed by atoms with Gasteiger partial charge in [-0.1, -0.05) is 12.1 Å². The first-order valence-electron chi connectivity index (χ1n) is 7.88. The first-order valence-corrected chi connectivity index (χ1v) is 7.88. The van der Waals surface area contributed by atoms with Crippen LogP contribution in [0.25, 0.3) is 0 Å². The maximum atomic E-state index is 11.2. The average molecular weight is 455 g/mol. The van der Waals surface area contributed by atoms with Crippen LogP contribution in [-0.4, -0.2) is 35.4 Å². The Balaban J connectivity index is 0.00000312. The van der Waals surface area contributed by atoms with Crippen LogP contribution in [0, 0.1) is 0 Å². The predicted molar refractivity (Wildman–Crippen MR) is 113 cm³/mol. The number of nitrogens with zero attached hydrogens (tertiary/aromatic N) is 3. The number of nitrogens with one attached hydrogen (secondary N) is 2. The van der Waals surface area contributed by atoms with Crippen molar-refractivity contribution >= 4 is 41.5 Å². The Kier molecular flexibility index (Phi) is 8.47. The zero-order valence-corrected chi connectivity index (χ0v) is 17.4. The Morgan fingerprint density at radius 2 is 2.04 bits per heavy atom. The lowest BCUT2D eigenvalue weighted by atomic mass is 10.2. The molecule has 2 aromatic rings. The van der Waals surface area contributed by atoms with E-state index in [-0.39, 0.29) is 29.9 Å². The molecule has 136 valence electrons. The van der Waals surface area contributed by atoms with Crippen LogP contribution in [-0.2, 0) is 24.9 Å². The van der Waals surface area contributed by atoms with Crippen LogP contribution in [0.3, 0.4) is 0 Å². The van der Waals surface area contributed by atoms with Gasteiger partial charge in [-0.05, 0) is 29.8 Å². The number of hydrogen-bond donors (Lipinski definition) is 2. The highest BCUT2D eigenvalue weighted by molar-refractivity contribution is 14.0. The molecule has 1 aromatic carbocycles. The van der Waals surface area contributed by atoms with Gasteiger partial charge in [0.15, 0.2) is 5.96 Å². The third-order valence-electron chi connectivity index (χ3n) is 3.72. The molecule has 0 bridgehead atoms. The highest BCUT2D eigenvalue weighted by atomic mass is 127. The molecule has 0 unspecified atom stereocenters. The van der Waals surface area contributed by atoms with E-state index in [4.69, 9.17) is 0 Å². The predicted octanol–water partition coefficient (Wildman–Crippen LogP) is 2.81. The number of aliphatic imine (C=N–C) groups is 1. The Labute approximate surface area is 166 Å². The Morgan fingerprint density at radius 1 is 1.28 bits per heavy atom. The highest BCUT2D eigenvalue weighted by Gasteiger charge is 2.08. The number of amides is 1. The average Bonchev–Trinajstić information content (AvgIpc) is 2.93. The quantitative estimate of drug-likeness (QED) is 0.414. The summed E-state index contributed by atoms with van der Waals surface area (Å²) in [4.78, 5) is 17.6. The first-order chi connectivity index (χ1) is 11.5. The van der Waals surface area contributed by atoms with Gasteiger partial charge in [-0.15, -0.1) is 24.0 Å². The second kappa shape index (κ2) is 10.1. The Bertz CT molecular complexity index is 726. The molecule has 0 aliphatic rings. The Morgan fingerprint density at radius 3 is 2.64 bits per heavy atom. The maximum absolute atomic E-state index is 11.2. The maximum Gasteiger partial charge on any atom is 0.221 e. The summed E-state index contributed by atoms with van der Waals surface area (Å²) in [5.41, 5.74) is 3.09. The minimum absolute atomic E-state index is 0. The summed E-state index contributed by atoms with van der Waals surface area (Å²) in [7, 11) is 5.82. The number of aromatic nitrogens is 1. The minimum Gasteiger partial charge on any atom is -0.353 e. The summed E-state index contributed by atoms with van der Waals surface area (Å²) >= 11 is 0. The van der Waals surface area contributed by atoms with E-state index in [0.29, 0.717) is 6.54 Å². The van der Waals surface area contributed by atoms with E-state index in [1.807, 2.05) is 50.6 Å². The number of carbonyl (C=O) groups is 1. The number of aryl methyl sites for hydroxylation is 1. The molecule has 0 radical (unpaired) electrons. The van der Waals surface area contributed by atoms with Crippen molar-refractivity contribution in [2.75, 3.05) is 19.4 Å². The standard InChI is InChI=1S/C18H25N5O.HI/c1-14(24)21-16-8-5-7-15(11-16)12-20-18(19-2)23(4)13-17-9-6-10-22(17)3;/h5-11H,12-13H2,1-4H3,(H,19,20)(H,21,24);1H. The number of anilines is 1. The van der Waals surface area contributed by atoms with Gasteiger partial charge >= 0.3 is 0 Å². The smallest absolute Gasteiger partial charge is 0.221 e. The molecule has 1 amide bonds. The summed E-state index contributed by atoms with van der Waals surface area (Å²) in [6, 6.07) is 11.9. The molecule has 1 aromatic heterocycles. The Hall–Kier alpha value is -2.03. The summed E-state index contributed by atoms with van der Waals surface area (Å²) in [6.07, 6.45) is 2.03. The molecule has 0 aliphatic carbocycles. The van der Waals surface area contributed by atoms with Crippen molar-refractivity contribution in [3.05, 3.63) is 53.9 Å². The van der Waals surface area contributed by atoms with Crippen LogP contribution in [0.5, 0.6) is 0 Å². The molecule has 0 atom stereocenters. The summed E-state index contributed by atoms with van der Waals surface area (Å²) in [5.74, 6) is 0.749. The van der Waals surface area contributed by atoms with E-state index in [1.54, 1.807) is 7.05 Å². The van der Waals surface area contributed by atoms with Gasteiger partial charge in [0.1, 0.15) is 0 Å². The van der Waals surface area contributed by atoms with E-state index in [1.165, 1.54) is 12.6 Å². The van der Waals surface area contributed by atoms with E-state index in [0.717, 1.165) is 23.8 Å². The second-order valence-electron chi connectivity index (χ2n) is 5.75. The van der Waals surface area contributed by atoms with E-state index >= 15 is 0 Å². The van der Waals surface area contributed by atoms with Gasteiger partial charge in [0, 0.05) is 52.2 Å². The molecule has 2 N–H and O–H groups in total. The molecule has 0 saturated heterocycles. The van der Waals surface area contributed by atoms with E-state index in [2.05, 4.69) is 31.2 Å². The van der Waals surface area contributed by atoms with Gasteiger partial charge in [-0.25, -0.2) is 0 Å². The van der Waals surface area contributed by atoms with E-state index < -0.39 is 0 Å². The molecular formula is C18H26IN5O. The van der Waals surface area contributed by atoms with Crippen LogP contribution in [0.1, 0.15) is 18.2 Å². The molecular weight excluding hydrogens is 429 g/mol. The zero-order chi connectivity index (χ0) is 17.5. The number of halogens is 1. The monoisotopic (exact) mass is 455 g/mol. The van der Waals surface area contributed by atoms with Crippen molar-refractivity contribution in [3.63, 3.8) is 0 Å². The molecule has 2 rings (SSSR count). The molecule has 0 spiro atoms. The van der Waals surface area contributed by atoms with Gasteiger partial charge in [0.2, 0.25) is 5.91 Å². The topological polar surface area (TPSA) is 61.7 Å². The molecule has 0 saturated carbocycles. The van der Waals surface area contributed by atoms with Gasteiger partial charge in [0.05, 0.1) is 6.54 Å². The summed E-state index contributed by atoms with van der Waals surface area (Å²) in [6.45, 7) is 2.91. The second-order valence-corrected chi connectivity index (χ2v) is 5.75. The lowest BCUT2D eigenvalue weighted by Crippen LogP contribution is -2.38. The number of benzene rings is 1. The lowest BCUT2D eigenvalue weighted by molar-refractivity contribution is -0.114. The van der Waals surface area contributed by atoms with Crippen molar-refractivity contribution in [1.29, 1.82) is 0 Å². The largest absolute Gasteiger partial charge is 0.353 e. The molecule has 1 heterocycles. The van der Waals surface area contributed by atoms with Crippen LogP contribution in [0.2, 0.25) is 0 Å². The van der Waals surface area contributed by atoms with Gasteiger partial charge < -0.3 is 20.1 Å². The third-order valence-corrected chi connectivity index (χ3v) is 3.72. The van der Waals surface area contributed by atoms with Crippen molar-refractivity contribution in [2.45, 2.75) is 20.0 Å². The number of rotatable bonds is 5. The molecule has 25 heavy (non-hydrogen) atoms. The first kappa shape index (κ1) is 21.0. The van der Waals surface area contributed by atoms with Crippen LogP contribution >= 0.6 is 24.0 Å². The van der Waals surface area contributed by atoms with Crippen molar-refractivity contribution < 1.29 is 4.79 Å². The van der Waals surface area contributed by atoms with Gasteiger partial charge in [0.25, 0.3) is 0 Å². The summed E-state index contributed by atoms with van der Waals surface area (Å²) < 4.78 is 2.10. The van der Waals surface area contributed by atoms with Crippen molar-refractivity contribution in [2.24, 2.45) is 12.0 Å². The number of guanidine groups is 1. The molecule has 0 aliphatic heterocycles. The van der Waals surface area contributed by atoms with Crippen molar-refractivity contribution in [1.82, 2.24) is 14.8 Å². The van der Waals surface area contributed by atoms with Gasteiger partial charge in [-0.3, -0.25) is 9.79 Å². The minimum atomic E-state index is -0.0711. The highest BCUT2D eigenvalue weighted by Crippen LogP contribution is 2.11. The number of carbonyl (C=O) groups excluding carboxylic acids is 1. The van der Waals surface area contributed by atoms with Crippen LogP contribution in [0.15, 0.2) is 47.6 Å². The molecule has 7 heteroatoms. The third kappa shape index (κ3) is 6.41. The van der Waals surface area contributed by atoms with Crippen LogP contribution < -0.4 is 10.6 Å². The fourth-order valence-corrected chi connectivity index (χ4v) is 2.51. The van der Waals surface area contributed by atoms with E-state index in [9.17, 15) is 4.79 Å². The normalized spacial score (nSPS) is 10.8. The summed E-state index contributed by atoms with van der Waals surface area (Å²) in [5, 5.41) is 6.15. The molecule has 0 fully saturated rings. The lowest BCUT2D eigenvalue weighted by Gasteiger charge is -2.22. The fraction of sp³-hybridized carbons (Fsp3) is 0.333. The number of hydrogen-bond acceptors (Lipinski definition) is 2. The zero-order valence-electron chi connectivity index (χ0n) is 15.1. The van der Waals surface area contributed by atoms with Gasteiger partial charge in [-0.2, -0.15) is 0 Å².